The summed E-state index contributed by atoms with van der Waals surface area (Å²) in [7, 11) is 1.62. The molecule has 94 valence electrons. The SMILES string of the molecule is COc1ncccc1CNCc1ccnc(C)n1. The van der Waals surface area contributed by atoms with E-state index in [9.17, 15) is 0 Å². The van der Waals surface area contributed by atoms with Crippen molar-refractivity contribution >= 4 is 0 Å². The highest BCUT2D eigenvalue weighted by Crippen LogP contribution is 2.12. The summed E-state index contributed by atoms with van der Waals surface area (Å²) in [5, 5.41) is 3.31. The molecule has 0 fully saturated rings. The molecule has 0 saturated heterocycles. The van der Waals surface area contributed by atoms with Crippen molar-refractivity contribution in [2.24, 2.45) is 0 Å². The molecule has 0 aliphatic rings. The van der Waals surface area contributed by atoms with Gasteiger partial charge in [0.1, 0.15) is 5.82 Å². The number of aryl methyl sites for hydroxylation is 1. The largest absolute Gasteiger partial charge is 0.481 e. The lowest BCUT2D eigenvalue weighted by Crippen LogP contribution is -2.15. The quantitative estimate of drug-likeness (QED) is 0.863. The molecule has 18 heavy (non-hydrogen) atoms. The molecule has 0 bridgehead atoms. The number of nitrogens with zero attached hydrogens (tertiary/aromatic N) is 3. The Kier molecular flexibility index (Phi) is 4.20. The monoisotopic (exact) mass is 244 g/mol. The van der Waals surface area contributed by atoms with Gasteiger partial charge in [-0.25, -0.2) is 15.0 Å². The van der Waals surface area contributed by atoms with Gasteiger partial charge in [-0.2, -0.15) is 0 Å². The first-order valence-corrected chi connectivity index (χ1v) is 5.76. The minimum absolute atomic E-state index is 0.656. The van der Waals surface area contributed by atoms with Gasteiger partial charge in [-0.3, -0.25) is 0 Å². The fourth-order valence-corrected chi connectivity index (χ4v) is 1.67. The van der Waals surface area contributed by atoms with Crippen LogP contribution in [0.3, 0.4) is 0 Å². The molecule has 2 aromatic heterocycles. The number of aromatic nitrogens is 3. The number of ether oxygens (including phenoxy) is 1. The Hall–Kier alpha value is -2.01. The van der Waals surface area contributed by atoms with Crippen molar-refractivity contribution in [3.05, 3.63) is 47.7 Å². The van der Waals surface area contributed by atoms with Gasteiger partial charge in [-0.05, 0) is 19.1 Å². The van der Waals surface area contributed by atoms with Crippen molar-refractivity contribution in [2.75, 3.05) is 7.11 Å². The van der Waals surface area contributed by atoms with Gasteiger partial charge in [0.25, 0.3) is 0 Å². The maximum atomic E-state index is 5.19. The Labute approximate surface area is 106 Å². The van der Waals surface area contributed by atoms with Gasteiger partial charge in [-0.15, -0.1) is 0 Å². The zero-order valence-corrected chi connectivity index (χ0v) is 10.6. The zero-order chi connectivity index (χ0) is 12.8. The minimum Gasteiger partial charge on any atom is -0.481 e. The van der Waals surface area contributed by atoms with Gasteiger partial charge < -0.3 is 10.1 Å². The molecule has 0 atom stereocenters. The molecule has 0 radical (unpaired) electrons. The molecule has 0 unspecified atom stereocenters. The molecule has 0 aliphatic heterocycles. The van der Waals surface area contributed by atoms with Crippen LogP contribution in [0.5, 0.6) is 5.88 Å². The van der Waals surface area contributed by atoms with Crippen LogP contribution in [0.1, 0.15) is 17.1 Å². The summed E-state index contributed by atoms with van der Waals surface area (Å²) in [5.74, 6) is 1.44. The van der Waals surface area contributed by atoms with E-state index < -0.39 is 0 Å². The lowest BCUT2D eigenvalue weighted by atomic mass is 10.2. The predicted molar refractivity (Wildman–Crippen MR) is 68.1 cm³/mol. The van der Waals surface area contributed by atoms with Crippen molar-refractivity contribution in [1.82, 2.24) is 20.3 Å². The molecule has 0 aromatic carbocycles. The normalized spacial score (nSPS) is 10.3. The van der Waals surface area contributed by atoms with E-state index in [4.69, 9.17) is 4.74 Å². The summed E-state index contributed by atoms with van der Waals surface area (Å²) in [6, 6.07) is 5.79. The Morgan fingerprint density at radius 2 is 2.06 bits per heavy atom. The molecule has 0 spiro atoms. The first kappa shape index (κ1) is 12.4. The number of pyridine rings is 1. The summed E-state index contributed by atoms with van der Waals surface area (Å²) in [4.78, 5) is 12.5. The molecular formula is C13H16N4O. The third-order valence-corrected chi connectivity index (χ3v) is 2.50. The van der Waals surface area contributed by atoms with E-state index >= 15 is 0 Å². The lowest BCUT2D eigenvalue weighted by molar-refractivity contribution is 0.390. The first-order valence-electron chi connectivity index (χ1n) is 5.76. The lowest BCUT2D eigenvalue weighted by Gasteiger charge is -2.08. The summed E-state index contributed by atoms with van der Waals surface area (Å²) < 4.78 is 5.19. The summed E-state index contributed by atoms with van der Waals surface area (Å²) in [6.45, 7) is 3.27. The molecule has 0 amide bonds. The molecule has 2 heterocycles. The van der Waals surface area contributed by atoms with Crippen LogP contribution in [0.2, 0.25) is 0 Å². The van der Waals surface area contributed by atoms with E-state index in [2.05, 4.69) is 20.3 Å². The summed E-state index contributed by atoms with van der Waals surface area (Å²) >= 11 is 0. The van der Waals surface area contributed by atoms with Crippen molar-refractivity contribution in [3.63, 3.8) is 0 Å². The number of hydrogen-bond acceptors (Lipinski definition) is 5. The van der Waals surface area contributed by atoms with Crippen molar-refractivity contribution in [3.8, 4) is 5.88 Å². The van der Waals surface area contributed by atoms with Crippen molar-refractivity contribution in [1.29, 1.82) is 0 Å². The van der Waals surface area contributed by atoms with Gasteiger partial charge in [-0.1, -0.05) is 6.07 Å². The van der Waals surface area contributed by atoms with Gasteiger partial charge in [0, 0.05) is 31.0 Å². The van der Waals surface area contributed by atoms with Gasteiger partial charge in [0.15, 0.2) is 0 Å². The third-order valence-electron chi connectivity index (χ3n) is 2.50. The average molecular weight is 244 g/mol. The van der Waals surface area contributed by atoms with Crippen LogP contribution in [0.25, 0.3) is 0 Å². The van der Waals surface area contributed by atoms with E-state index in [0.717, 1.165) is 17.1 Å². The maximum Gasteiger partial charge on any atom is 0.217 e. The summed E-state index contributed by atoms with van der Waals surface area (Å²) in [6.07, 6.45) is 3.49. The predicted octanol–water partition coefficient (Wildman–Crippen LogP) is 1.48. The fourth-order valence-electron chi connectivity index (χ4n) is 1.67. The van der Waals surface area contributed by atoms with Crippen LogP contribution in [-0.4, -0.2) is 22.1 Å². The minimum atomic E-state index is 0.656. The molecule has 2 aromatic rings. The zero-order valence-electron chi connectivity index (χ0n) is 10.6. The molecule has 5 nitrogen and oxygen atoms in total. The van der Waals surface area contributed by atoms with Gasteiger partial charge in [0.05, 0.1) is 12.8 Å². The van der Waals surface area contributed by atoms with Crippen LogP contribution in [0, 0.1) is 6.92 Å². The number of hydrogen-bond donors (Lipinski definition) is 1. The van der Waals surface area contributed by atoms with Crippen LogP contribution in [0.15, 0.2) is 30.6 Å². The number of rotatable bonds is 5. The first-order chi connectivity index (χ1) is 8.79. The van der Waals surface area contributed by atoms with Crippen molar-refractivity contribution in [2.45, 2.75) is 20.0 Å². The average Bonchev–Trinajstić information content (AvgIpc) is 2.39. The molecule has 0 aliphatic carbocycles. The van der Waals surface area contributed by atoms with Gasteiger partial charge >= 0.3 is 0 Å². The smallest absolute Gasteiger partial charge is 0.217 e. The summed E-state index contributed by atoms with van der Waals surface area (Å²) in [5.41, 5.74) is 2.01. The van der Waals surface area contributed by atoms with Crippen LogP contribution in [0.4, 0.5) is 0 Å². The van der Waals surface area contributed by atoms with E-state index in [1.165, 1.54) is 0 Å². The van der Waals surface area contributed by atoms with Gasteiger partial charge in [0.2, 0.25) is 5.88 Å². The highest BCUT2D eigenvalue weighted by Gasteiger charge is 2.02. The highest BCUT2D eigenvalue weighted by molar-refractivity contribution is 5.25. The Balaban J connectivity index is 1.92. The Morgan fingerprint density at radius 1 is 1.17 bits per heavy atom. The highest BCUT2D eigenvalue weighted by atomic mass is 16.5. The molecule has 5 heteroatoms. The van der Waals surface area contributed by atoms with E-state index in [-0.39, 0.29) is 0 Å². The van der Waals surface area contributed by atoms with E-state index in [0.29, 0.717) is 19.0 Å². The second-order valence-electron chi connectivity index (χ2n) is 3.87. The molecule has 2 rings (SSSR count). The Morgan fingerprint density at radius 3 is 2.83 bits per heavy atom. The Bertz CT molecular complexity index is 516. The standard InChI is InChI=1S/C13H16N4O/c1-10-15-7-5-12(17-10)9-14-8-11-4-3-6-16-13(11)18-2/h3-7,14H,8-9H2,1-2H3. The third kappa shape index (κ3) is 3.24. The van der Waals surface area contributed by atoms with Crippen LogP contribution in [-0.2, 0) is 13.1 Å². The van der Waals surface area contributed by atoms with E-state index in [1.807, 2.05) is 25.1 Å². The second-order valence-corrected chi connectivity index (χ2v) is 3.87. The number of methoxy groups -OCH3 is 1. The maximum absolute atomic E-state index is 5.19. The molecular weight excluding hydrogens is 228 g/mol. The van der Waals surface area contributed by atoms with E-state index in [1.54, 1.807) is 19.5 Å². The molecule has 0 saturated carbocycles. The topological polar surface area (TPSA) is 59.9 Å². The number of nitrogens with one attached hydrogen (secondary N) is 1. The fraction of sp³-hybridized carbons (Fsp3) is 0.308. The van der Waals surface area contributed by atoms with Crippen LogP contribution < -0.4 is 10.1 Å². The molecule has 1 N–H and O–H groups in total. The van der Waals surface area contributed by atoms with Crippen LogP contribution >= 0.6 is 0 Å². The van der Waals surface area contributed by atoms with Crippen molar-refractivity contribution < 1.29 is 4.74 Å². The second kappa shape index (κ2) is 6.07.